The van der Waals surface area contributed by atoms with Gasteiger partial charge in [0.25, 0.3) is 5.91 Å². The Morgan fingerprint density at radius 1 is 1.27 bits per heavy atom. The predicted octanol–water partition coefficient (Wildman–Crippen LogP) is 4.03. The van der Waals surface area contributed by atoms with Crippen molar-refractivity contribution in [1.29, 1.82) is 0 Å². The third kappa shape index (κ3) is 4.25. The van der Waals surface area contributed by atoms with E-state index in [0.29, 0.717) is 30.2 Å². The molecule has 0 spiro atoms. The van der Waals surface area contributed by atoms with Gasteiger partial charge in [-0.2, -0.15) is 0 Å². The highest BCUT2D eigenvalue weighted by Gasteiger charge is 2.41. The quantitative estimate of drug-likeness (QED) is 0.803. The van der Waals surface area contributed by atoms with Gasteiger partial charge in [0.15, 0.2) is 11.5 Å². The van der Waals surface area contributed by atoms with Crippen LogP contribution >= 0.6 is 0 Å². The number of benzene rings is 1. The second-order valence-corrected chi connectivity index (χ2v) is 8.85. The highest BCUT2D eigenvalue weighted by Crippen LogP contribution is 2.31. The van der Waals surface area contributed by atoms with Crippen LogP contribution < -0.4 is 5.32 Å². The topological polar surface area (TPSA) is 75.4 Å². The number of nitrogens with zero attached hydrogens (tertiary/aromatic N) is 2. The van der Waals surface area contributed by atoms with Crippen LogP contribution in [0.1, 0.15) is 56.4 Å². The van der Waals surface area contributed by atoms with Crippen LogP contribution in [-0.4, -0.2) is 40.5 Å². The van der Waals surface area contributed by atoms with Crippen LogP contribution in [0, 0.1) is 17.7 Å². The first-order valence-corrected chi connectivity index (χ1v) is 10.8. The lowest BCUT2D eigenvalue weighted by Crippen LogP contribution is -2.63. The standard InChI is InChI=1S/C23H28FN3O3/c1-14(2)11-20-22(28)25-19(15-5-3-4-6-15)13-27(20)23(29)18-12-21(30-26-18)16-7-9-17(24)10-8-16/h7-10,12,14-15,19-20H,3-6,11,13H2,1-2H3,(H,25,28). The van der Waals surface area contributed by atoms with Crippen LogP contribution in [0.15, 0.2) is 34.9 Å². The minimum absolute atomic E-state index is 0.0177. The van der Waals surface area contributed by atoms with E-state index in [1.807, 2.05) is 13.8 Å². The Bertz CT molecular complexity index is 903. The lowest BCUT2D eigenvalue weighted by molar-refractivity contribution is -0.130. The molecule has 2 aromatic rings. The molecule has 0 bridgehead atoms. The van der Waals surface area contributed by atoms with Gasteiger partial charge in [-0.25, -0.2) is 4.39 Å². The molecule has 1 aliphatic heterocycles. The highest BCUT2D eigenvalue weighted by atomic mass is 19.1. The molecule has 1 saturated carbocycles. The van der Waals surface area contributed by atoms with E-state index in [2.05, 4.69) is 10.5 Å². The molecule has 6 nitrogen and oxygen atoms in total. The van der Waals surface area contributed by atoms with Crippen molar-refractivity contribution in [2.45, 2.75) is 58.0 Å². The Kier molecular flexibility index (Phi) is 5.88. The monoisotopic (exact) mass is 413 g/mol. The molecule has 2 amide bonds. The van der Waals surface area contributed by atoms with Crippen LogP contribution in [-0.2, 0) is 4.79 Å². The molecular weight excluding hydrogens is 385 g/mol. The summed E-state index contributed by atoms with van der Waals surface area (Å²) in [5.74, 6) is 0.358. The number of hydrogen-bond donors (Lipinski definition) is 1. The summed E-state index contributed by atoms with van der Waals surface area (Å²) in [6.07, 6.45) is 5.11. The van der Waals surface area contributed by atoms with Crippen LogP contribution in [0.4, 0.5) is 4.39 Å². The molecule has 2 heterocycles. The fourth-order valence-electron chi connectivity index (χ4n) is 4.61. The van der Waals surface area contributed by atoms with Crippen molar-refractivity contribution in [3.63, 3.8) is 0 Å². The molecule has 2 fully saturated rings. The smallest absolute Gasteiger partial charge is 0.276 e. The summed E-state index contributed by atoms with van der Waals surface area (Å²) in [6.45, 7) is 4.58. The van der Waals surface area contributed by atoms with Gasteiger partial charge in [-0.05, 0) is 55.4 Å². The number of carbonyl (C=O) groups is 2. The fraction of sp³-hybridized carbons (Fsp3) is 0.522. The van der Waals surface area contributed by atoms with Gasteiger partial charge < -0.3 is 14.7 Å². The van der Waals surface area contributed by atoms with Gasteiger partial charge in [0.2, 0.25) is 5.91 Å². The summed E-state index contributed by atoms with van der Waals surface area (Å²) in [6, 6.07) is 6.86. The van der Waals surface area contributed by atoms with E-state index < -0.39 is 6.04 Å². The Morgan fingerprint density at radius 3 is 2.63 bits per heavy atom. The summed E-state index contributed by atoms with van der Waals surface area (Å²) in [4.78, 5) is 28.0. The molecule has 2 aliphatic rings. The Morgan fingerprint density at radius 2 is 1.97 bits per heavy atom. The van der Waals surface area contributed by atoms with Crippen molar-refractivity contribution in [3.8, 4) is 11.3 Å². The van der Waals surface area contributed by atoms with Gasteiger partial charge >= 0.3 is 0 Å². The third-order valence-electron chi connectivity index (χ3n) is 6.18. The van der Waals surface area contributed by atoms with E-state index in [4.69, 9.17) is 4.52 Å². The third-order valence-corrected chi connectivity index (χ3v) is 6.18. The van der Waals surface area contributed by atoms with Gasteiger partial charge in [-0.3, -0.25) is 9.59 Å². The van der Waals surface area contributed by atoms with E-state index in [1.165, 1.54) is 25.0 Å². The Hall–Kier alpha value is -2.70. The van der Waals surface area contributed by atoms with E-state index in [9.17, 15) is 14.0 Å². The summed E-state index contributed by atoms with van der Waals surface area (Å²) in [5.41, 5.74) is 0.810. The number of amides is 2. The average Bonchev–Trinajstić information content (AvgIpc) is 3.41. The molecule has 2 unspecified atom stereocenters. The van der Waals surface area contributed by atoms with Crippen molar-refractivity contribution < 1.29 is 18.5 Å². The first-order valence-electron chi connectivity index (χ1n) is 10.8. The number of hydrogen-bond acceptors (Lipinski definition) is 4. The van der Waals surface area contributed by atoms with Crippen molar-refractivity contribution in [2.24, 2.45) is 11.8 Å². The predicted molar refractivity (Wildman–Crippen MR) is 110 cm³/mol. The van der Waals surface area contributed by atoms with Gasteiger partial charge in [0, 0.05) is 24.2 Å². The molecule has 1 saturated heterocycles. The van der Waals surface area contributed by atoms with Crippen LogP contribution in [0.2, 0.25) is 0 Å². The van der Waals surface area contributed by atoms with Crippen molar-refractivity contribution in [1.82, 2.24) is 15.4 Å². The van der Waals surface area contributed by atoms with E-state index in [-0.39, 0.29) is 35.3 Å². The SMILES string of the molecule is CC(C)CC1C(=O)NC(C2CCCC2)CN1C(=O)c1cc(-c2ccc(F)cc2)on1. The van der Waals surface area contributed by atoms with Crippen molar-refractivity contribution in [3.05, 3.63) is 41.8 Å². The summed E-state index contributed by atoms with van der Waals surface area (Å²) in [7, 11) is 0. The van der Waals surface area contributed by atoms with Gasteiger partial charge in [-0.15, -0.1) is 0 Å². The normalized spacial score (nSPS) is 22.5. The van der Waals surface area contributed by atoms with Crippen molar-refractivity contribution >= 4 is 11.8 Å². The molecular formula is C23H28FN3O3. The first-order chi connectivity index (χ1) is 14.4. The number of nitrogens with one attached hydrogen (secondary N) is 1. The second kappa shape index (κ2) is 8.58. The molecule has 2 atom stereocenters. The summed E-state index contributed by atoms with van der Waals surface area (Å²) in [5, 5.41) is 7.13. The zero-order chi connectivity index (χ0) is 21.3. The summed E-state index contributed by atoms with van der Waals surface area (Å²) >= 11 is 0. The lowest BCUT2D eigenvalue weighted by Gasteiger charge is -2.41. The Balaban J connectivity index is 1.58. The maximum absolute atomic E-state index is 13.4. The van der Waals surface area contributed by atoms with Crippen LogP contribution in [0.25, 0.3) is 11.3 Å². The second-order valence-electron chi connectivity index (χ2n) is 8.85. The van der Waals surface area contributed by atoms with E-state index in [0.717, 1.165) is 12.8 Å². The zero-order valence-electron chi connectivity index (χ0n) is 17.4. The highest BCUT2D eigenvalue weighted by molar-refractivity contribution is 5.97. The van der Waals surface area contributed by atoms with Gasteiger partial charge in [0.1, 0.15) is 11.9 Å². The molecule has 160 valence electrons. The molecule has 0 radical (unpaired) electrons. The average molecular weight is 413 g/mol. The molecule has 7 heteroatoms. The van der Waals surface area contributed by atoms with E-state index in [1.54, 1.807) is 23.1 Å². The minimum atomic E-state index is -0.513. The molecule has 1 N–H and O–H groups in total. The Labute approximate surface area is 175 Å². The summed E-state index contributed by atoms with van der Waals surface area (Å²) < 4.78 is 18.5. The number of halogens is 1. The number of rotatable bonds is 5. The number of piperazine rings is 1. The first kappa shape index (κ1) is 20.6. The van der Waals surface area contributed by atoms with Crippen molar-refractivity contribution in [2.75, 3.05) is 6.54 Å². The fourth-order valence-corrected chi connectivity index (χ4v) is 4.61. The molecule has 1 aromatic heterocycles. The molecule has 1 aromatic carbocycles. The van der Waals surface area contributed by atoms with Gasteiger partial charge in [0.05, 0.1) is 0 Å². The number of carbonyl (C=O) groups excluding carboxylic acids is 2. The number of aromatic nitrogens is 1. The molecule has 4 rings (SSSR count). The largest absolute Gasteiger partial charge is 0.355 e. The zero-order valence-corrected chi connectivity index (χ0v) is 17.4. The lowest BCUT2D eigenvalue weighted by atomic mass is 9.91. The van der Waals surface area contributed by atoms with Crippen LogP contribution in [0.5, 0.6) is 0 Å². The van der Waals surface area contributed by atoms with E-state index >= 15 is 0 Å². The molecule has 1 aliphatic carbocycles. The maximum atomic E-state index is 13.4. The van der Waals surface area contributed by atoms with Crippen LogP contribution in [0.3, 0.4) is 0 Å². The minimum Gasteiger partial charge on any atom is -0.355 e. The van der Waals surface area contributed by atoms with Gasteiger partial charge in [-0.1, -0.05) is 31.8 Å². The molecule has 30 heavy (non-hydrogen) atoms. The maximum Gasteiger partial charge on any atom is 0.276 e.